The van der Waals surface area contributed by atoms with Crippen LogP contribution in [0.2, 0.25) is 0 Å². The Bertz CT molecular complexity index is 640. The third-order valence-electron chi connectivity index (χ3n) is 2.51. The Morgan fingerprint density at radius 1 is 1.48 bits per heavy atom. The lowest BCUT2D eigenvalue weighted by atomic mass is 10.3. The van der Waals surface area contributed by atoms with E-state index in [0.717, 1.165) is 10.7 Å². The van der Waals surface area contributed by atoms with Gasteiger partial charge in [-0.05, 0) is 32.0 Å². The number of carbonyl (C=O) groups is 2. The smallest absolute Gasteiger partial charge is 0.350 e. The van der Waals surface area contributed by atoms with Crippen molar-refractivity contribution in [3.63, 3.8) is 0 Å². The van der Waals surface area contributed by atoms with Crippen molar-refractivity contribution in [1.82, 2.24) is 10.9 Å². The highest BCUT2D eigenvalue weighted by atomic mass is 79.9. The average Bonchev–Trinajstić information content (AvgIpc) is 2.51. The van der Waals surface area contributed by atoms with E-state index in [1.165, 1.54) is 0 Å². The lowest BCUT2D eigenvalue weighted by molar-refractivity contribution is -0.138. The number of esters is 1. The maximum atomic E-state index is 11.9. The van der Waals surface area contributed by atoms with E-state index >= 15 is 0 Å². The minimum absolute atomic E-state index is 0.154. The average molecular weight is 382 g/mol. The molecule has 0 heterocycles. The highest BCUT2D eigenvalue weighted by molar-refractivity contribution is 9.10. The summed E-state index contributed by atoms with van der Waals surface area (Å²) in [6.45, 7) is 3.35. The predicted molar refractivity (Wildman–Crippen MR) is 85.8 cm³/mol. The Balaban J connectivity index is 2.52. The van der Waals surface area contributed by atoms with E-state index in [0.29, 0.717) is 5.75 Å². The van der Waals surface area contributed by atoms with Crippen LogP contribution in [0.15, 0.2) is 40.5 Å². The number of nitriles is 1. The van der Waals surface area contributed by atoms with Gasteiger partial charge in [-0.1, -0.05) is 22.0 Å². The van der Waals surface area contributed by atoms with E-state index in [1.54, 1.807) is 38.1 Å². The molecular weight excluding hydrogens is 366 g/mol. The number of ether oxygens (including phenoxy) is 2. The maximum absolute atomic E-state index is 11.9. The molecule has 0 saturated heterocycles. The molecule has 0 fully saturated rings. The van der Waals surface area contributed by atoms with Gasteiger partial charge in [-0.2, -0.15) is 5.26 Å². The second-order valence-corrected chi connectivity index (χ2v) is 5.16. The molecule has 1 aromatic rings. The molecule has 8 heteroatoms. The zero-order valence-corrected chi connectivity index (χ0v) is 14.2. The molecule has 1 atom stereocenters. The van der Waals surface area contributed by atoms with Gasteiger partial charge in [0.2, 0.25) is 0 Å². The summed E-state index contributed by atoms with van der Waals surface area (Å²) in [6.07, 6.45) is 0.278. The molecule has 0 aliphatic heterocycles. The molecule has 0 unspecified atom stereocenters. The standard InChI is InChI=1S/C15H16BrN3O4/c1-3-22-15(21)11(8-17)9-18-19-14(20)10(2)23-13-6-4-5-12(16)7-13/h4-7,9-10,18H,3H2,1-2H3,(H,19,20)/b11-9+/t10-/m1/s1. The molecule has 1 rings (SSSR count). The number of rotatable bonds is 7. The second kappa shape index (κ2) is 9.48. The number of benzene rings is 1. The van der Waals surface area contributed by atoms with Crippen LogP contribution in [0.1, 0.15) is 13.8 Å². The van der Waals surface area contributed by atoms with E-state index < -0.39 is 18.0 Å². The van der Waals surface area contributed by atoms with Crippen LogP contribution in [0, 0.1) is 11.3 Å². The van der Waals surface area contributed by atoms with Gasteiger partial charge in [0.25, 0.3) is 5.91 Å². The Morgan fingerprint density at radius 3 is 2.83 bits per heavy atom. The summed E-state index contributed by atoms with van der Waals surface area (Å²) in [5, 5.41) is 8.82. The van der Waals surface area contributed by atoms with E-state index in [1.807, 2.05) is 6.07 Å². The fourth-order valence-corrected chi connectivity index (χ4v) is 1.80. The molecular formula is C15H16BrN3O4. The summed E-state index contributed by atoms with van der Waals surface area (Å²) >= 11 is 3.31. The van der Waals surface area contributed by atoms with Crippen molar-refractivity contribution in [3.05, 3.63) is 40.5 Å². The lowest BCUT2D eigenvalue weighted by Crippen LogP contribution is -2.42. The Morgan fingerprint density at radius 2 is 2.22 bits per heavy atom. The third-order valence-corrected chi connectivity index (χ3v) is 3.00. The normalized spacial score (nSPS) is 11.8. The van der Waals surface area contributed by atoms with Gasteiger partial charge in [-0.15, -0.1) is 0 Å². The molecule has 0 aromatic heterocycles. The van der Waals surface area contributed by atoms with Gasteiger partial charge in [0.05, 0.1) is 6.61 Å². The third kappa shape index (κ3) is 6.40. The van der Waals surface area contributed by atoms with Crippen molar-refractivity contribution in [2.24, 2.45) is 0 Å². The predicted octanol–water partition coefficient (Wildman–Crippen LogP) is 1.81. The summed E-state index contributed by atoms with van der Waals surface area (Å²) in [5.74, 6) is -0.709. The van der Waals surface area contributed by atoms with Crippen LogP contribution in [-0.4, -0.2) is 24.6 Å². The fraction of sp³-hybridized carbons (Fsp3) is 0.267. The molecule has 0 radical (unpaired) electrons. The van der Waals surface area contributed by atoms with Gasteiger partial charge in [0.1, 0.15) is 11.8 Å². The van der Waals surface area contributed by atoms with Crippen LogP contribution < -0.4 is 15.6 Å². The first kappa shape index (κ1) is 18.5. The topological polar surface area (TPSA) is 100 Å². The summed E-state index contributed by atoms with van der Waals surface area (Å²) in [5.41, 5.74) is 4.44. The number of hydrogen-bond donors (Lipinski definition) is 2. The molecule has 0 bridgehead atoms. The monoisotopic (exact) mass is 381 g/mol. The van der Waals surface area contributed by atoms with Crippen molar-refractivity contribution in [1.29, 1.82) is 5.26 Å². The van der Waals surface area contributed by atoms with Gasteiger partial charge >= 0.3 is 5.97 Å². The molecule has 1 aromatic carbocycles. The van der Waals surface area contributed by atoms with Crippen LogP contribution in [0.5, 0.6) is 5.75 Å². The Kier molecular flexibility index (Phi) is 7.63. The van der Waals surface area contributed by atoms with Crippen LogP contribution in [0.4, 0.5) is 0 Å². The van der Waals surface area contributed by atoms with E-state index in [9.17, 15) is 9.59 Å². The van der Waals surface area contributed by atoms with Gasteiger partial charge in [0.15, 0.2) is 11.7 Å². The number of halogens is 1. The number of nitrogens with one attached hydrogen (secondary N) is 2. The molecule has 1 amide bonds. The largest absolute Gasteiger partial charge is 0.481 e. The first-order valence-corrected chi connectivity index (χ1v) is 7.52. The molecule has 2 N–H and O–H groups in total. The van der Waals surface area contributed by atoms with E-state index in [2.05, 4.69) is 31.5 Å². The molecule has 23 heavy (non-hydrogen) atoms. The first-order valence-electron chi connectivity index (χ1n) is 6.73. The Labute approximate surface area is 142 Å². The molecule has 0 saturated carbocycles. The van der Waals surface area contributed by atoms with E-state index in [-0.39, 0.29) is 12.2 Å². The van der Waals surface area contributed by atoms with Crippen molar-refractivity contribution in [2.45, 2.75) is 20.0 Å². The van der Waals surface area contributed by atoms with Crippen LogP contribution in [-0.2, 0) is 14.3 Å². The van der Waals surface area contributed by atoms with Crippen molar-refractivity contribution in [2.75, 3.05) is 6.61 Å². The number of hydrazine groups is 1. The fourth-order valence-electron chi connectivity index (χ4n) is 1.42. The van der Waals surface area contributed by atoms with Crippen LogP contribution in [0.3, 0.4) is 0 Å². The first-order chi connectivity index (χ1) is 11.0. The molecule has 122 valence electrons. The van der Waals surface area contributed by atoms with Crippen LogP contribution in [0.25, 0.3) is 0 Å². The highest BCUT2D eigenvalue weighted by Crippen LogP contribution is 2.18. The maximum Gasteiger partial charge on any atom is 0.350 e. The highest BCUT2D eigenvalue weighted by Gasteiger charge is 2.15. The molecule has 0 aliphatic rings. The van der Waals surface area contributed by atoms with Gasteiger partial charge in [0, 0.05) is 10.7 Å². The quantitative estimate of drug-likeness (QED) is 0.323. The summed E-state index contributed by atoms with van der Waals surface area (Å²) in [6, 6.07) is 8.74. The zero-order chi connectivity index (χ0) is 17.2. The summed E-state index contributed by atoms with van der Waals surface area (Å²) < 4.78 is 11.0. The number of hydrogen-bond acceptors (Lipinski definition) is 6. The van der Waals surface area contributed by atoms with Crippen molar-refractivity contribution >= 4 is 27.8 Å². The Hall–Kier alpha value is -2.53. The van der Waals surface area contributed by atoms with E-state index in [4.69, 9.17) is 10.00 Å². The number of carbonyl (C=O) groups excluding carboxylic acids is 2. The number of amides is 1. The minimum Gasteiger partial charge on any atom is -0.481 e. The molecule has 0 aliphatic carbocycles. The summed E-state index contributed by atoms with van der Waals surface area (Å²) in [4.78, 5) is 23.2. The van der Waals surface area contributed by atoms with Crippen LogP contribution >= 0.6 is 15.9 Å². The summed E-state index contributed by atoms with van der Waals surface area (Å²) in [7, 11) is 0. The zero-order valence-electron chi connectivity index (χ0n) is 12.6. The minimum atomic E-state index is -0.779. The second-order valence-electron chi connectivity index (χ2n) is 4.24. The SMILES string of the molecule is CCOC(=O)/C(C#N)=C/NNC(=O)[C@@H](C)Oc1cccc(Br)c1. The van der Waals surface area contributed by atoms with Gasteiger partial charge < -0.3 is 14.9 Å². The lowest BCUT2D eigenvalue weighted by Gasteiger charge is -2.14. The van der Waals surface area contributed by atoms with Gasteiger partial charge in [-0.3, -0.25) is 10.2 Å². The van der Waals surface area contributed by atoms with Crippen molar-refractivity contribution < 1.29 is 19.1 Å². The van der Waals surface area contributed by atoms with Crippen molar-refractivity contribution in [3.8, 4) is 11.8 Å². The number of nitrogens with zero attached hydrogens (tertiary/aromatic N) is 1. The molecule has 7 nitrogen and oxygen atoms in total. The van der Waals surface area contributed by atoms with Gasteiger partial charge in [-0.25, -0.2) is 4.79 Å². The molecule has 0 spiro atoms.